The third kappa shape index (κ3) is 3.56. The standard InChI is InChI=1S/C28H43NO/c1-18(2)19(3)7-8-20(4)24-13-16-29-26-23-10-9-21-17-22(30)11-14-27(21,5)25(23)12-15-28(24,26)6/h18,20-21,24H,3,7-17H2,1-2,4-6H3. The minimum absolute atomic E-state index is 0.239. The van der Waals surface area contributed by atoms with Crippen molar-refractivity contribution in [2.24, 2.45) is 39.5 Å². The number of carbonyl (C=O) groups is 1. The number of nitrogens with zero attached hydrogens (tertiary/aromatic N) is 1. The van der Waals surface area contributed by atoms with E-state index in [-0.39, 0.29) is 10.8 Å². The molecule has 0 amide bonds. The summed E-state index contributed by atoms with van der Waals surface area (Å²) in [6.07, 6.45) is 11.2. The van der Waals surface area contributed by atoms with Crippen LogP contribution in [0.25, 0.3) is 0 Å². The zero-order valence-electron chi connectivity index (χ0n) is 20.2. The fraction of sp³-hybridized carbons (Fsp3) is 0.786. The topological polar surface area (TPSA) is 29.4 Å². The molecular weight excluding hydrogens is 366 g/mol. The summed E-state index contributed by atoms with van der Waals surface area (Å²) in [5.41, 5.74) is 6.70. The van der Waals surface area contributed by atoms with Crippen molar-refractivity contribution in [1.29, 1.82) is 0 Å². The molecule has 1 fully saturated rings. The van der Waals surface area contributed by atoms with Gasteiger partial charge in [0.15, 0.2) is 0 Å². The molecule has 0 aromatic carbocycles. The number of allylic oxidation sites excluding steroid dienone is 3. The quantitative estimate of drug-likeness (QED) is 0.437. The van der Waals surface area contributed by atoms with E-state index in [9.17, 15) is 4.79 Å². The lowest BCUT2D eigenvalue weighted by atomic mass is 9.50. The molecule has 0 spiro atoms. The van der Waals surface area contributed by atoms with Crippen LogP contribution in [0.15, 0.2) is 28.3 Å². The molecule has 0 radical (unpaired) electrons. The Morgan fingerprint density at radius 3 is 2.57 bits per heavy atom. The van der Waals surface area contributed by atoms with Crippen LogP contribution in [0.1, 0.15) is 98.8 Å². The third-order valence-electron chi connectivity index (χ3n) is 9.77. The highest BCUT2D eigenvalue weighted by Gasteiger charge is 2.53. The van der Waals surface area contributed by atoms with Crippen molar-refractivity contribution in [3.05, 3.63) is 23.3 Å². The molecule has 5 unspecified atom stereocenters. The van der Waals surface area contributed by atoms with Gasteiger partial charge in [-0.1, -0.05) is 52.3 Å². The van der Waals surface area contributed by atoms with Crippen LogP contribution >= 0.6 is 0 Å². The maximum absolute atomic E-state index is 12.1. The van der Waals surface area contributed by atoms with E-state index in [0.29, 0.717) is 17.6 Å². The van der Waals surface area contributed by atoms with Crippen LogP contribution in [-0.4, -0.2) is 18.0 Å². The van der Waals surface area contributed by atoms with E-state index in [1.807, 2.05) is 0 Å². The smallest absolute Gasteiger partial charge is 0.133 e. The van der Waals surface area contributed by atoms with E-state index in [0.717, 1.165) is 44.1 Å². The maximum Gasteiger partial charge on any atom is 0.133 e. The number of fused-ring (bicyclic) bond motifs is 4. The van der Waals surface area contributed by atoms with Gasteiger partial charge in [0.2, 0.25) is 0 Å². The number of carbonyl (C=O) groups excluding carboxylic acids is 1. The van der Waals surface area contributed by atoms with Gasteiger partial charge < -0.3 is 0 Å². The average molecular weight is 410 g/mol. The van der Waals surface area contributed by atoms with E-state index in [2.05, 4.69) is 41.2 Å². The van der Waals surface area contributed by atoms with Gasteiger partial charge in [-0.05, 0) is 86.0 Å². The maximum atomic E-state index is 12.1. The van der Waals surface area contributed by atoms with E-state index < -0.39 is 0 Å². The van der Waals surface area contributed by atoms with E-state index in [1.165, 1.54) is 49.8 Å². The summed E-state index contributed by atoms with van der Waals surface area (Å²) in [7, 11) is 0. The van der Waals surface area contributed by atoms with Crippen molar-refractivity contribution in [3.8, 4) is 0 Å². The molecule has 3 aliphatic carbocycles. The van der Waals surface area contributed by atoms with E-state index in [4.69, 9.17) is 4.99 Å². The van der Waals surface area contributed by atoms with Crippen LogP contribution in [0.4, 0.5) is 0 Å². The molecule has 4 aliphatic rings. The molecule has 30 heavy (non-hydrogen) atoms. The van der Waals surface area contributed by atoms with Gasteiger partial charge in [-0.3, -0.25) is 9.79 Å². The predicted octanol–water partition coefficient (Wildman–Crippen LogP) is 7.34. The van der Waals surface area contributed by atoms with Gasteiger partial charge in [0.1, 0.15) is 5.78 Å². The Kier molecular flexibility index (Phi) is 5.92. The first-order chi connectivity index (χ1) is 14.2. The van der Waals surface area contributed by atoms with Crippen LogP contribution in [0.3, 0.4) is 0 Å². The normalized spacial score (nSPS) is 37.3. The number of hydrogen-bond donors (Lipinski definition) is 0. The Morgan fingerprint density at radius 2 is 1.83 bits per heavy atom. The minimum atomic E-state index is 0.239. The highest BCUT2D eigenvalue weighted by molar-refractivity contribution is 6.06. The molecule has 0 aromatic heterocycles. The van der Waals surface area contributed by atoms with Crippen LogP contribution < -0.4 is 0 Å². The Balaban J connectivity index is 1.59. The third-order valence-corrected chi connectivity index (χ3v) is 9.77. The summed E-state index contributed by atoms with van der Waals surface area (Å²) in [5, 5.41) is 0. The molecule has 4 rings (SSSR count). The first-order valence-electron chi connectivity index (χ1n) is 12.6. The van der Waals surface area contributed by atoms with Gasteiger partial charge in [0, 0.05) is 30.5 Å². The fourth-order valence-electron chi connectivity index (χ4n) is 7.47. The number of ketones is 1. The van der Waals surface area contributed by atoms with Gasteiger partial charge in [0.25, 0.3) is 0 Å². The molecule has 2 heteroatoms. The van der Waals surface area contributed by atoms with Crippen LogP contribution in [0.2, 0.25) is 0 Å². The highest BCUT2D eigenvalue weighted by atomic mass is 16.1. The average Bonchev–Trinajstić information content (AvgIpc) is 2.71. The molecule has 5 atom stereocenters. The zero-order valence-corrected chi connectivity index (χ0v) is 20.2. The van der Waals surface area contributed by atoms with Crippen molar-refractivity contribution in [1.82, 2.24) is 0 Å². The lowest BCUT2D eigenvalue weighted by Crippen LogP contribution is -2.49. The molecule has 0 bridgehead atoms. The zero-order chi connectivity index (χ0) is 21.7. The fourth-order valence-corrected chi connectivity index (χ4v) is 7.47. The van der Waals surface area contributed by atoms with Crippen molar-refractivity contribution >= 4 is 11.5 Å². The summed E-state index contributed by atoms with van der Waals surface area (Å²) in [6.45, 7) is 17.4. The molecule has 0 saturated heterocycles. The largest absolute Gasteiger partial charge is 0.300 e. The number of hydrogen-bond acceptors (Lipinski definition) is 2. The number of aliphatic imine (C=N–C) groups is 1. The van der Waals surface area contributed by atoms with E-state index >= 15 is 0 Å². The second-order valence-electron chi connectivity index (χ2n) is 11.7. The van der Waals surface area contributed by atoms with Gasteiger partial charge in [-0.15, -0.1) is 0 Å². The van der Waals surface area contributed by atoms with Crippen molar-refractivity contribution in [2.45, 2.75) is 98.8 Å². The Bertz CT molecular complexity index is 786. The first kappa shape index (κ1) is 22.0. The number of Topliss-reactive ketones (excluding diaryl/α,β-unsaturated/α-hetero) is 1. The SMILES string of the molecule is C=C(CCC(C)C1CCN=C2C3=C(CCC21C)C1(C)CCC(=O)CC1CC3)C(C)C. The van der Waals surface area contributed by atoms with E-state index in [1.54, 1.807) is 11.1 Å². The second-order valence-corrected chi connectivity index (χ2v) is 11.7. The lowest BCUT2D eigenvalue weighted by Gasteiger charge is -2.55. The van der Waals surface area contributed by atoms with Crippen molar-refractivity contribution < 1.29 is 4.79 Å². The molecule has 166 valence electrons. The second kappa shape index (κ2) is 8.06. The highest BCUT2D eigenvalue weighted by Crippen LogP contribution is 2.59. The molecule has 2 nitrogen and oxygen atoms in total. The van der Waals surface area contributed by atoms with Crippen molar-refractivity contribution in [3.63, 3.8) is 0 Å². The molecule has 1 aliphatic heterocycles. The molecular formula is C28H43NO. The van der Waals surface area contributed by atoms with Gasteiger partial charge in [-0.2, -0.15) is 0 Å². The summed E-state index contributed by atoms with van der Waals surface area (Å²) in [5.74, 6) is 3.11. The van der Waals surface area contributed by atoms with Crippen LogP contribution in [0.5, 0.6) is 0 Å². The molecule has 0 N–H and O–H groups in total. The summed E-state index contributed by atoms with van der Waals surface area (Å²) < 4.78 is 0. The summed E-state index contributed by atoms with van der Waals surface area (Å²) in [4.78, 5) is 17.3. The van der Waals surface area contributed by atoms with Crippen molar-refractivity contribution in [2.75, 3.05) is 6.54 Å². The monoisotopic (exact) mass is 409 g/mol. The summed E-state index contributed by atoms with van der Waals surface area (Å²) >= 11 is 0. The van der Waals surface area contributed by atoms with Gasteiger partial charge in [0.05, 0.1) is 0 Å². The van der Waals surface area contributed by atoms with Gasteiger partial charge >= 0.3 is 0 Å². The Hall–Kier alpha value is -1.18. The predicted molar refractivity (Wildman–Crippen MR) is 127 cm³/mol. The molecule has 0 aromatic rings. The van der Waals surface area contributed by atoms with Crippen LogP contribution in [-0.2, 0) is 4.79 Å². The molecule has 1 saturated carbocycles. The molecule has 1 heterocycles. The Morgan fingerprint density at radius 1 is 1.10 bits per heavy atom. The lowest BCUT2D eigenvalue weighted by molar-refractivity contribution is -0.124. The number of rotatable bonds is 5. The first-order valence-corrected chi connectivity index (χ1v) is 12.6. The summed E-state index contributed by atoms with van der Waals surface area (Å²) in [6, 6.07) is 0. The Labute approximate surface area is 184 Å². The van der Waals surface area contributed by atoms with Crippen LogP contribution in [0, 0.1) is 34.5 Å². The minimum Gasteiger partial charge on any atom is -0.300 e. The van der Waals surface area contributed by atoms with Gasteiger partial charge in [-0.25, -0.2) is 0 Å².